The molecule has 32 heavy (non-hydrogen) atoms. The second-order valence-electron chi connectivity index (χ2n) is 6.58. The van der Waals surface area contributed by atoms with E-state index in [9.17, 15) is 8.78 Å². The van der Waals surface area contributed by atoms with E-state index in [1.165, 1.54) is 29.5 Å². The standard InChI is InChI=1S/C12H10ClF2N3O2.C8H14.C2H6.CH4O/c1-18-5-8(17-4-11(18)16)6-2-9-10(3-7(6)13)20-12(14,15)19-9;1-5-6-8(4)7(2)3;2*1-2/h2-5,11H,16H2,1H3;5-6H,1-4H3;1-2H3;2H,1H3/b;6-5-;;. The average molecular weight is 474 g/mol. The largest absolute Gasteiger partial charge is 0.586 e. The molecule has 1 aromatic carbocycles. The molecular formula is C23H34ClF2N3O3. The molecule has 0 saturated heterocycles. The summed E-state index contributed by atoms with van der Waals surface area (Å²) in [5, 5.41) is 7.23. The van der Waals surface area contributed by atoms with Crippen LogP contribution in [0.4, 0.5) is 8.78 Å². The van der Waals surface area contributed by atoms with Crippen LogP contribution in [0.15, 0.2) is 46.6 Å². The lowest BCUT2D eigenvalue weighted by Gasteiger charge is -2.24. The fourth-order valence-corrected chi connectivity index (χ4v) is 2.55. The zero-order valence-corrected chi connectivity index (χ0v) is 20.7. The number of nitrogens with zero attached hydrogens (tertiary/aromatic N) is 2. The van der Waals surface area contributed by atoms with Gasteiger partial charge >= 0.3 is 6.29 Å². The third-order valence-corrected chi connectivity index (χ3v) is 4.45. The van der Waals surface area contributed by atoms with Crippen LogP contribution < -0.4 is 15.2 Å². The molecule has 0 bridgehead atoms. The Morgan fingerprint density at radius 3 is 2.16 bits per heavy atom. The molecule has 0 radical (unpaired) electrons. The number of ether oxygens (including phenoxy) is 2. The summed E-state index contributed by atoms with van der Waals surface area (Å²) >= 11 is 6.07. The van der Waals surface area contributed by atoms with Gasteiger partial charge in [-0.15, -0.1) is 8.78 Å². The van der Waals surface area contributed by atoms with Crippen LogP contribution >= 0.6 is 11.6 Å². The Hall–Kier alpha value is -2.42. The number of aliphatic hydroxyl groups is 1. The minimum atomic E-state index is -3.67. The van der Waals surface area contributed by atoms with Gasteiger partial charge in [-0.25, -0.2) is 0 Å². The number of hydrogen-bond acceptors (Lipinski definition) is 6. The predicted molar refractivity (Wildman–Crippen MR) is 128 cm³/mol. The van der Waals surface area contributed by atoms with Crippen LogP contribution in [0, 0.1) is 0 Å². The summed E-state index contributed by atoms with van der Waals surface area (Å²) in [6.45, 7) is 12.4. The van der Waals surface area contributed by atoms with Crippen molar-refractivity contribution in [3.8, 4) is 11.5 Å². The van der Waals surface area contributed by atoms with E-state index in [0.29, 0.717) is 11.3 Å². The topological polar surface area (TPSA) is 80.3 Å². The van der Waals surface area contributed by atoms with Gasteiger partial charge in [-0.2, -0.15) is 0 Å². The molecule has 0 amide bonds. The first-order valence-electron chi connectivity index (χ1n) is 10.1. The summed E-state index contributed by atoms with van der Waals surface area (Å²) < 4.78 is 34.7. The van der Waals surface area contributed by atoms with E-state index in [-0.39, 0.29) is 22.7 Å². The highest BCUT2D eigenvalue weighted by Gasteiger charge is 2.44. The Morgan fingerprint density at radius 2 is 1.72 bits per heavy atom. The van der Waals surface area contributed by atoms with Gasteiger partial charge in [-0.3, -0.25) is 4.99 Å². The van der Waals surface area contributed by atoms with Crippen LogP contribution in [0.25, 0.3) is 5.70 Å². The van der Waals surface area contributed by atoms with E-state index in [2.05, 4.69) is 47.4 Å². The highest BCUT2D eigenvalue weighted by Crippen LogP contribution is 2.45. The van der Waals surface area contributed by atoms with Gasteiger partial charge < -0.3 is 25.2 Å². The minimum Gasteiger partial charge on any atom is -0.400 e. The zero-order chi connectivity index (χ0) is 25.1. The molecule has 0 aromatic heterocycles. The third kappa shape index (κ3) is 8.61. The Balaban J connectivity index is 0.000000679. The second kappa shape index (κ2) is 13.9. The molecule has 2 heterocycles. The van der Waals surface area contributed by atoms with Gasteiger partial charge in [0.15, 0.2) is 11.5 Å². The van der Waals surface area contributed by atoms with E-state index in [1.807, 2.05) is 20.8 Å². The molecule has 0 saturated carbocycles. The molecule has 180 valence electrons. The Kier molecular flexibility index (Phi) is 12.8. The molecule has 2 aliphatic heterocycles. The lowest BCUT2D eigenvalue weighted by molar-refractivity contribution is -0.286. The smallest absolute Gasteiger partial charge is 0.400 e. The van der Waals surface area contributed by atoms with Crippen molar-refractivity contribution >= 4 is 23.5 Å². The number of aliphatic imine (C=N–C) groups is 1. The van der Waals surface area contributed by atoms with E-state index < -0.39 is 6.29 Å². The van der Waals surface area contributed by atoms with Crippen LogP contribution in [-0.2, 0) is 0 Å². The Morgan fingerprint density at radius 1 is 1.19 bits per heavy atom. The number of rotatable bonds is 2. The van der Waals surface area contributed by atoms with Crippen molar-refractivity contribution in [1.82, 2.24) is 4.90 Å². The number of aliphatic hydroxyl groups excluding tert-OH is 1. The van der Waals surface area contributed by atoms with Gasteiger partial charge in [0.1, 0.15) is 6.17 Å². The van der Waals surface area contributed by atoms with E-state index >= 15 is 0 Å². The second-order valence-corrected chi connectivity index (χ2v) is 6.99. The molecule has 2 aliphatic rings. The van der Waals surface area contributed by atoms with Gasteiger partial charge in [0.25, 0.3) is 0 Å². The van der Waals surface area contributed by atoms with Crippen molar-refractivity contribution in [2.24, 2.45) is 10.7 Å². The van der Waals surface area contributed by atoms with Crippen molar-refractivity contribution in [1.29, 1.82) is 0 Å². The number of halogens is 3. The van der Waals surface area contributed by atoms with E-state index in [4.69, 9.17) is 22.4 Å². The third-order valence-electron chi connectivity index (χ3n) is 4.13. The summed E-state index contributed by atoms with van der Waals surface area (Å²) in [4.78, 5) is 5.87. The molecule has 3 N–H and O–H groups in total. The van der Waals surface area contributed by atoms with Crippen molar-refractivity contribution in [2.45, 2.75) is 54.0 Å². The first-order chi connectivity index (χ1) is 15.0. The summed E-state index contributed by atoms with van der Waals surface area (Å²) in [6, 6.07) is 2.64. The minimum absolute atomic E-state index is 0.0805. The Labute approximate surface area is 194 Å². The number of nitrogens with two attached hydrogens (primary N) is 1. The van der Waals surface area contributed by atoms with Crippen LogP contribution in [0.1, 0.15) is 47.1 Å². The van der Waals surface area contributed by atoms with Crippen molar-refractivity contribution in [3.05, 3.63) is 52.2 Å². The predicted octanol–water partition coefficient (Wildman–Crippen LogP) is 5.81. The van der Waals surface area contributed by atoms with E-state index in [0.717, 1.165) is 7.11 Å². The fraction of sp³-hybridized carbons (Fsp3) is 0.435. The lowest BCUT2D eigenvalue weighted by atomic mass is 10.1. The maximum Gasteiger partial charge on any atom is 0.586 e. The monoisotopic (exact) mass is 473 g/mol. The summed E-state index contributed by atoms with van der Waals surface area (Å²) in [5.74, 6) is -0.183. The highest BCUT2D eigenvalue weighted by molar-refractivity contribution is 6.32. The van der Waals surface area contributed by atoms with Crippen LogP contribution in [0.5, 0.6) is 11.5 Å². The van der Waals surface area contributed by atoms with Crippen LogP contribution in [0.3, 0.4) is 0 Å². The summed E-state index contributed by atoms with van der Waals surface area (Å²) in [6.07, 6.45) is 3.37. The average Bonchev–Trinajstić information content (AvgIpc) is 3.05. The maximum absolute atomic E-state index is 13.0. The van der Waals surface area contributed by atoms with Gasteiger partial charge in [0.05, 0.1) is 10.7 Å². The van der Waals surface area contributed by atoms with Crippen molar-refractivity contribution in [3.63, 3.8) is 0 Å². The van der Waals surface area contributed by atoms with Crippen LogP contribution in [0.2, 0.25) is 5.02 Å². The number of allylic oxidation sites excluding steroid dienone is 4. The maximum atomic E-state index is 13.0. The molecule has 1 aromatic rings. The molecule has 6 nitrogen and oxygen atoms in total. The Bertz CT molecular complexity index is 864. The van der Waals surface area contributed by atoms with Crippen molar-refractivity contribution < 1.29 is 23.4 Å². The van der Waals surface area contributed by atoms with E-state index in [1.54, 1.807) is 18.1 Å². The molecule has 1 unspecified atom stereocenters. The van der Waals surface area contributed by atoms with Crippen LogP contribution in [-0.4, -0.2) is 42.8 Å². The number of benzene rings is 1. The van der Waals surface area contributed by atoms with Gasteiger partial charge in [0.2, 0.25) is 0 Å². The van der Waals surface area contributed by atoms with Gasteiger partial charge in [-0.05, 0) is 33.8 Å². The normalized spacial score (nSPS) is 17.2. The number of fused-ring (bicyclic) bond motifs is 1. The molecule has 3 rings (SSSR count). The zero-order valence-electron chi connectivity index (χ0n) is 19.9. The molecular weight excluding hydrogens is 440 g/mol. The molecule has 0 spiro atoms. The number of alkyl halides is 2. The summed E-state index contributed by atoms with van der Waals surface area (Å²) in [5.41, 5.74) is 9.46. The lowest BCUT2D eigenvalue weighted by Crippen LogP contribution is -2.38. The molecule has 1 atom stereocenters. The SMILES string of the molecule is C/C=C\C(C)=C(C)C.CC.CN1C=C(c2cc3c(cc2Cl)OC(F)(F)O3)N=CC1N.CO. The summed E-state index contributed by atoms with van der Waals surface area (Å²) in [7, 11) is 2.77. The van der Waals surface area contributed by atoms with Gasteiger partial charge in [-0.1, -0.05) is 48.7 Å². The highest BCUT2D eigenvalue weighted by atomic mass is 35.5. The molecule has 0 fully saturated rings. The number of hydrogen-bond donors (Lipinski definition) is 2. The van der Waals surface area contributed by atoms with Gasteiger partial charge in [0, 0.05) is 38.2 Å². The quantitative estimate of drug-likeness (QED) is 0.529. The van der Waals surface area contributed by atoms with Crippen molar-refractivity contribution in [2.75, 3.05) is 14.2 Å². The fourth-order valence-electron chi connectivity index (χ4n) is 2.30. The first kappa shape index (κ1) is 29.6. The molecule has 0 aliphatic carbocycles. The first-order valence-corrected chi connectivity index (χ1v) is 10.5. The molecule has 9 heteroatoms.